The van der Waals surface area contributed by atoms with E-state index in [0.29, 0.717) is 5.41 Å². The predicted octanol–water partition coefficient (Wildman–Crippen LogP) is 2.53. The summed E-state index contributed by atoms with van der Waals surface area (Å²) in [4.78, 5) is 2.41. The molecule has 0 aromatic heterocycles. The van der Waals surface area contributed by atoms with Crippen molar-refractivity contribution in [2.45, 2.75) is 26.3 Å². The van der Waals surface area contributed by atoms with Crippen molar-refractivity contribution in [2.75, 3.05) is 40.9 Å². The van der Waals surface area contributed by atoms with Crippen molar-refractivity contribution in [3.05, 3.63) is 23.8 Å². The Morgan fingerprint density at radius 2 is 1.90 bits per heavy atom. The number of piperidine rings is 1. The van der Waals surface area contributed by atoms with Crippen LogP contribution >= 0.6 is 0 Å². The first-order chi connectivity index (χ1) is 10.1. The van der Waals surface area contributed by atoms with Crippen molar-refractivity contribution >= 4 is 0 Å². The molecule has 0 saturated carbocycles. The predicted molar refractivity (Wildman–Crippen MR) is 86.1 cm³/mol. The van der Waals surface area contributed by atoms with E-state index in [0.717, 1.165) is 30.2 Å². The quantitative estimate of drug-likeness (QED) is 0.873. The first-order valence-corrected chi connectivity index (χ1v) is 7.66. The largest absolute Gasteiger partial charge is 0.497 e. The maximum Gasteiger partial charge on any atom is 0.123 e. The molecule has 4 nitrogen and oxygen atoms in total. The Hall–Kier alpha value is -1.26. The molecule has 1 saturated heterocycles. The Balaban J connectivity index is 1.91. The molecule has 4 heteroatoms. The third-order valence-electron chi connectivity index (χ3n) is 4.55. The summed E-state index contributed by atoms with van der Waals surface area (Å²) in [6, 6.07) is 5.94. The number of hydrogen-bond acceptors (Lipinski definition) is 4. The van der Waals surface area contributed by atoms with Crippen LogP contribution in [0.5, 0.6) is 11.5 Å². The Bertz CT molecular complexity index is 454. The van der Waals surface area contributed by atoms with E-state index in [1.807, 2.05) is 18.2 Å². The zero-order valence-corrected chi connectivity index (χ0v) is 13.7. The number of ether oxygens (including phenoxy) is 2. The molecule has 1 heterocycles. The van der Waals surface area contributed by atoms with E-state index < -0.39 is 0 Å². The van der Waals surface area contributed by atoms with Crippen LogP contribution in [-0.2, 0) is 6.54 Å². The van der Waals surface area contributed by atoms with E-state index in [9.17, 15) is 0 Å². The van der Waals surface area contributed by atoms with Crippen LogP contribution in [0, 0.1) is 5.41 Å². The van der Waals surface area contributed by atoms with Crippen molar-refractivity contribution in [1.82, 2.24) is 10.2 Å². The van der Waals surface area contributed by atoms with Gasteiger partial charge in [-0.1, -0.05) is 6.92 Å². The summed E-state index contributed by atoms with van der Waals surface area (Å²) in [5, 5.41) is 3.60. The van der Waals surface area contributed by atoms with Crippen LogP contribution in [0.2, 0.25) is 0 Å². The second-order valence-corrected chi connectivity index (χ2v) is 6.40. The molecular weight excluding hydrogens is 264 g/mol. The van der Waals surface area contributed by atoms with Gasteiger partial charge in [-0.2, -0.15) is 0 Å². The highest BCUT2D eigenvalue weighted by Crippen LogP contribution is 2.30. The summed E-state index contributed by atoms with van der Waals surface area (Å²) in [5.74, 6) is 1.79. The Morgan fingerprint density at radius 1 is 1.19 bits per heavy atom. The summed E-state index contributed by atoms with van der Waals surface area (Å²) in [7, 11) is 5.61. The summed E-state index contributed by atoms with van der Waals surface area (Å²) in [6.45, 7) is 6.63. The highest BCUT2D eigenvalue weighted by atomic mass is 16.5. The van der Waals surface area contributed by atoms with E-state index in [-0.39, 0.29) is 0 Å². The van der Waals surface area contributed by atoms with Gasteiger partial charge in [0.1, 0.15) is 11.5 Å². The Kier molecular flexibility index (Phi) is 5.48. The second kappa shape index (κ2) is 7.14. The fourth-order valence-electron chi connectivity index (χ4n) is 2.85. The molecule has 2 rings (SSSR count). The average Bonchev–Trinajstić information content (AvgIpc) is 2.50. The van der Waals surface area contributed by atoms with Crippen LogP contribution in [0.1, 0.15) is 25.3 Å². The smallest absolute Gasteiger partial charge is 0.123 e. The van der Waals surface area contributed by atoms with Gasteiger partial charge >= 0.3 is 0 Å². The molecule has 1 fully saturated rings. The molecule has 0 spiro atoms. The molecule has 21 heavy (non-hydrogen) atoms. The van der Waals surface area contributed by atoms with Crippen molar-refractivity contribution < 1.29 is 9.47 Å². The van der Waals surface area contributed by atoms with E-state index in [1.54, 1.807) is 14.2 Å². The van der Waals surface area contributed by atoms with Gasteiger partial charge in [-0.25, -0.2) is 0 Å². The van der Waals surface area contributed by atoms with Crippen LogP contribution < -0.4 is 14.8 Å². The first-order valence-electron chi connectivity index (χ1n) is 7.66. The van der Waals surface area contributed by atoms with Crippen LogP contribution in [-0.4, -0.2) is 45.8 Å². The van der Waals surface area contributed by atoms with Gasteiger partial charge in [0.25, 0.3) is 0 Å². The lowest BCUT2D eigenvalue weighted by molar-refractivity contribution is 0.136. The molecule has 0 atom stereocenters. The topological polar surface area (TPSA) is 33.7 Å². The fraction of sp³-hybridized carbons (Fsp3) is 0.647. The number of nitrogens with zero attached hydrogens (tertiary/aromatic N) is 1. The second-order valence-electron chi connectivity index (χ2n) is 6.40. The van der Waals surface area contributed by atoms with Crippen LogP contribution in [0.15, 0.2) is 18.2 Å². The van der Waals surface area contributed by atoms with E-state index in [2.05, 4.69) is 24.2 Å². The molecular formula is C17H28N2O2. The monoisotopic (exact) mass is 292 g/mol. The van der Waals surface area contributed by atoms with Gasteiger partial charge in [-0.05, 0) is 56.6 Å². The number of likely N-dealkylation sites (tertiary alicyclic amines) is 1. The Morgan fingerprint density at radius 3 is 2.52 bits per heavy atom. The molecule has 1 aliphatic rings. The molecule has 1 aromatic carbocycles. The minimum atomic E-state index is 0.401. The first kappa shape index (κ1) is 16.1. The van der Waals surface area contributed by atoms with Crippen LogP contribution in [0.4, 0.5) is 0 Å². The normalized spacial score (nSPS) is 18.5. The summed E-state index contributed by atoms with van der Waals surface area (Å²) in [5.41, 5.74) is 1.55. The fourth-order valence-corrected chi connectivity index (χ4v) is 2.85. The molecule has 1 aromatic rings. The van der Waals surface area contributed by atoms with E-state index >= 15 is 0 Å². The average molecular weight is 292 g/mol. The van der Waals surface area contributed by atoms with E-state index in [4.69, 9.17) is 9.47 Å². The Labute approximate surface area is 128 Å². The summed E-state index contributed by atoms with van der Waals surface area (Å²) in [6.07, 6.45) is 2.51. The van der Waals surface area contributed by atoms with Crippen molar-refractivity contribution in [1.29, 1.82) is 0 Å². The molecule has 1 aliphatic heterocycles. The number of hydrogen-bond donors (Lipinski definition) is 1. The number of benzene rings is 1. The lowest BCUT2D eigenvalue weighted by atomic mass is 9.80. The van der Waals surface area contributed by atoms with Gasteiger partial charge in [-0.3, -0.25) is 0 Å². The summed E-state index contributed by atoms with van der Waals surface area (Å²) < 4.78 is 10.7. The van der Waals surface area contributed by atoms with Crippen molar-refractivity contribution in [3.63, 3.8) is 0 Å². The van der Waals surface area contributed by atoms with Gasteiger partial charge in [0.2, 0.25) is 0 Å². The van der Waals surface area contributed by atoms with Gasteiger partial charge in [-0.15, -0.1) is 0 Å². The zero-order valence-electron chi connectivity index (χ0n) is 13.7. The molecule has 0 aliphatic carbocycles. The molecule has 0 radical (unpaired) electrons. The maximum atomic E-state index is 5.42. The van der Waals surface area contributed by atoms with Crippen molar-refractivity contribution in [3.8, 4) is 11.5 Å². The third-order valence-corrected chi connectivity index (χ3v) is 4.55. The highest BCUT2D eigenvalue weighted by Gasteiger charge is 2.28. The number of nitrogens with one attached hydrogen (secondary N) is 1. The molecule has 0 unspecified atom stereocenters. The SMILES string of the molecule is COc1ccc(OC)c(CNCC2(C)CCN(C)CC2)c1. The molecule has 1 N–H and O–H groups in total. The van der Waals surface area contributed by atoms with E-state index in [1.165, 1.54) is 25.9 Å². The minimum absolute atomic E-state index is 0.401. The maximum absolute atomic E-state index is 5.42. The highest BCUT2D eigenvalue weighted by molar-refractivity contribution is 5.40. The van der Waals surface area contributed by atoms with Crippen LogP contribution in [0.25, 0.3) is 0 Å². The third kappa shape index (κ3) is 4.35. The number of rotatable bonds is 6. The van der Waals surface area contributed by atoms with Gasteiger partial charge < -0.3 is 19.7 Å². The molecule has 0 bridgehead atoms. The van der Waals surface area contributed by atoms with Crippen LogP contribution in [0.3, 0.4) is 0 Å². The molecule has 118 valence electrons. The lowest BCUT2D eigenvalue weighted by Crippen LogP contribution is -2.41. The van der Waals surface area contributed by atoms with Gasteiger partial charge in [0.05, 0.1) is 14.2 Å². The summed E-state index contributed by atoms with van der Waals surface area (Å²) >= 11 is 0. The van der Waals surface area contributed by atoms with Crippen molar-refractivity contribution in [2.24, 2.45) is 5.41 Å². The van der Waals surface area contributed by atoms with Gasteiger partial charge in [0.15, 0.2) is 0 Å². The zero-order chi connectivity index (χ0) is 15.3. The standard InChI is InChI=1S/C17H28N2O2/c1-17(7-9-19(2)10-8-17)13-18-12-14-11-15(20-3)5-6-16(14)21-4/h5-6,11,18H,7-10,12-13H2,1-4H3. The van der Waals surface area contributed by atoms with Gasteiger partial charge in [0, 0.05) is 18.7 Å². The molecule has 0 amide bonds. The minimum Gasteiger partial charge on any atom is -0.497 e. The lowest BCUT2D eigenvalue weighted by Gasteiger charge is -2.38. The number of methoxy groups -OCH3 is 2.